The summed E-state index contributed by atoms with van der Waals surface area (Å²) in [7, 11) is 1.47. The van der Waals surface area contributed by atoms with Crippen molar-refractivity contribution in [2.24, 2.45) is 0 Å². The van der Waals surface area contributed by atoms with E-state index in [4.69, 9.17) is 16.0 Å². The summed E-state index contributed by atoms with van der Waals surface area (Å²) in [6.07, 6.45) is 2.94. The summed E-state index contributed by atoms with van der Waals surface area (Å²) in [5, 5.41) is 2.65. The lowest BCUT2D eigenvalue weighted by molar-refractivity contribution is -0.124. The second-order valence-electron chi connectivity index (χ2n) is 6.34. The van der Waals surface area contributed by atoms with Crippen molar-refractivity contribution in [2.75, 3.05) is 26.7 Å². The van der Waals surface area contributed by atoms with Gasteiger partial charge in [-0.25, -0.2) is 0 Å². The topological polar surface area (TPSA) is 99.9 Å². The number of imide groups is 1. The SMILES string of the molecule is CN(CC(=O)NCCN1C(=O)S/C(=C\c2ccccc2Cl)C1=O)C(=O)c1ccco1. The number of benzene rings is 1. The summed E-state index contributed by atoms with van der Waals surface area (Å²) in [6.45, 7) is -0.0982. The maximum atomic E-state index is 12.5. The molecule has 1 aromatic carbocycles. The maximum Gasteiger partial charge on any atom is 0.293 e. The maximum absolute atomic E-state index is 12.5. The standard InChI is InChI=1S/C20H18ClN3O5S/c1-23(18(26)15-7-4-10-29-15)12-17(25)22-8-9-24-19(27)16(30-20(24)28)11-13-5-2-3-6-14(13)21/h2-7,10-11H,8-9,12H2,1H3,(H,22,25)/b16-11-. The number of hydrogen-bond acceptors (Lipinski definition) is 6. The van der Waals surface area contributed by atoms with Gasteiger partial charge in [-0.3, -0.25) is 24.1 Å². The summed E-state index contributed by atoms with van der Waals surface area (Å²) >= 11 is 6.91. The second kappa shape index (κ2) is 9.64. The number of nitrogens with zero attached hydrogens (tertiary/aromatic N) is 2. The van der Waals surface area contributed by atoms with E-state index in [0.29, 0.717) is 10.6 Å². The highest BCUT2D eigenvalue weighted by Gasteiger charge is 2.34. The first-order valence-corrected chi connectivity index (χ1v) is 10.1. The summed E-state index contributed by atoms with van der Waals surface area (Å²) in [5.74, 6) is -1.15. The Labute approximate surface area is 181 Å². The minimum absolute atomic E-state index is 0.0200. The van der Waals surface area contributed by atoms with Crippen LogP contribution in [0.1, 0.15) is 16.1 Å². The lowest BCUT2D eigenvalue weighted by Crippen LogP contribution is -2.42. The predicted molar refractivity (Wildman–Crippen MR) is 113 cm³/mol. The van der Waals surface area contributed by atoms with E-state index in [1.165, 1.54) is 24.3 Å². The largest absolute Gasteiger partial charge is 0.459 e. The van der Waals surface area contributed by atoms with Gasteiger partial charge in [0.15, 0.2) is 5.76 Å². The molecule has 0 aliphatic carbocycles. The molecule has 30 heavy (non-hydrogen) atoms. The Hall–Kier alpha value is -3.04. The van der Waals surface area contributed by atoms with Crippen LogP contribution in [0.4, 0.5) is 4.79 Å². The van der Waals surface area contributed by atoms with Gasteiger partial charge in [-0.15, -0.1) is 0 Å². The molecule has 1 aliphatic rings. The van der Waals surface area contributed by atoms with E-state index < -0.39 is 23.0 Å². The van der Waals surface area contributed by atoms with Crippen LogP contribution in [0.3, 0.4) is 0 Å². The molecular formula is C20H18ClN3O5S. The molecule has 8 nitrogen and oxygen atoms in total. The molecule has 0 saturated carbocycles. The predicted octanol–water partition coefficient (Wildman–Crippen LogP) is 2.86. The van der Waals surface area contributed by atoms with Gasteiger partial charge in [0.2, 0.25) is 5.91 Å². The number of nitrogens with one attached hydrogen (secondary N) is 1. The zero-order valence-corrected chi connectivity index (χ0v) is 17.5. The third kappa shape index (κ3) is 5.11. The average molecular weight is 448 g/mol. The Bertz CT molecular complexity index is 1010. The third-order valence-corrected chi connectivity index (χ3v) is 5.43. The average Bonchev–Trinajstić information content (AvgIpc) is 3.33. The summed E-state index contributed by atoms with van der Waals surface area (Å²) < 4.78 is 5.01. The Kier molecular flexibility index (Phi) is 6.96. The van der Waals surface area contributed by atoms with Crippen LogP contribution in [0, 0.1) is 0 Å². The molecule has 3 rings (SSSR count). The van der Waals surface area contributed by atoms with Crippen molar-refractivity contribution in [1.82, 2.24) is 15.1 Å². The number of halogens is 1. The molecule has 0 unspecified atom stereocenters. The minimum atomic E-state index is -0.440. The summed E-state index contributed by atoms with van der Waals surface area (Å²) in [4.78, 5) is 51.3. The molecule has 0 bridgehead atoms. The van der Waals surface area contributed by atoms with Gasteiger partial charge >= 0.3 is 0 Å². The van der Waals surface area contributed by atoms with Crippen LogP contribution < -0.4 is 5.32 Å². The van der Waals surface area contributed by atoms with Gasteiger partial charge in [0.05, 0.1) is 17.7 Å². The Morgan fingerprint density at radius 2 is 2.00 bits per heavy atom. The normalized spacial score (nSPS) is 15.0. The van der Waals surface area contributed by atoms with Crippen LogP contribution in [0.2, 0.25) is 5.02 Å². The van der Waals surface area contributed by atoms with Crippen molar-refractivity contribution in [1.29, 1.82) is 0 Å². The van der Waals surface area contributed by atoms with Gasteiger partial charge in [0.1, 0.15) is 0 Å². The minimum Gasteiger partial charge on any atom is -0.459 e. The quantitative estimate of drug-likeness (QED) is 0.655. The molecule has 2 aromatic rings. The number of carbonyl (C=O) groups is 4. The van der Waals surface area contributed by atoms with Crippen molar-refractivity contribution in [2.45, 2.75) is 0 Å². The highest BCUT2D eigenvalue weighted by molar-refractivity contribution is 8.18. The molecule has 10 heteroatoms. The van der Waals surface area contributed by atoms with E-state index >= 15 is 0 Å². The molecule has 1 saturated heterocycles. The number of amides is 4. The van der Waals surface area contributed by atoms with Gasteiger partial charge in [-0.05, 0) is 41.6 Å². The smallest absolute Gasteiger partial charge is 0.293 e. The molecule has 1 N–H and O–H groups in total. The molecule has 1 aromatic heterocycles. The number of hydrogen-bond donors (Lipinski definition) is 1. The number of carbonyl (C=O) groups excluding carboxylic acids is 4. The van der Waals surface area contributed by atoms with Crippen molar-refractivity contribution in [3.8, 4) is 0 Å². The van der Waals surface area contributed by atoms with Crippen LogP contribution in [-0.4, -0.2) is 59.4 Å². The van der Waals surface area contributed by atoms with Crippen LogP contribution in [0.5, 0.6) is 0 Å². The van der Waals surface area contributed by atoms with E-state index in [0.717, 1.165) is 16.7 Å². The number of furan rings is 1. The van der Waals surface area contributed by atoms with E-state index in [-0.39, 0.29) is 30.3 Å². The number of thioether (sulfide) groups is 1. The molecule has 0 radical (unpaired) electrons. The molecule has 0 atom stereocenters. The second-order valence-corrected chi connectivity index (χ2v) is 7.74. The molecule has 2 heterocycles. The van der Waals surface area contributed by atoms with Gasteiger partial charge in [0.25, 0.3) is 17.1 Å². The highest BCUT2D eigenvalue weighted by Crippen LogP contribution is 2.33. The Morgan fingerprint density at radius 3 is 2.70 bits per heavy atom. The van der Waals surface area contributed by atoms with Crippen LogP contribution in [-0.2, 0) is 9.59 Å². The first-order chi connectivity index (χ1) is 14.4. The fourth-order valence-electron chi connectivity index (χ4n) is 2.66. The molecule has 0 spiro atoms. The molecular weight excluding hydrogens is 430 g/mol. The molecule has 1 fully saturated rings. The molecule has 1 aliphatic heterocycles. The summed E-state index contributed by atoms with van der Waals surface area (Å²) in [6, 6.07) is 10.1. The van der Waals surface area contributed by atoms with E-state index in [1.807, 2.05) is 0 Å². The van der Waals surface area contributed by atoms with Gasteiger partial charge < -0.3 is 14.6 Å². The first kappa shape index (κ1) is 21.7. The fourth-order valence-corrected chi connectivity index (χ4v) is 3.71. The van der Waals surface area contributed by atoms with Gasteiger partial charge in [-0.1, -0.05) is 29.8 Å². The monoisotopic (exact) mass is 447 g/mol. The molecule has 156 valence electrons. The van der Waals surface area contributed by atoms with Crippen LogP contribution >= 0.6 is 23.4 Å². The zero-order chi connectivity index (χ0) is 21.7. The highest BCUT2D eigenvalue weighted by atomic mass is 35.5. The van der Waals surface area contributed by atoms with E-state index in [1.54, 1.807) is 36.4 Å². The third-order valence-electron chi connectivity index (χ3n) is 4.18. The van der Waals surface area contributed by atoms with Crippen molar-refractivity contribution in [3.63, 3.8) is 0 Å². The Balaban J connectivity index is 1.50. The lowest BCUT2D eigenvalue weighted by atomic mass is 10.2. The van der Waals surface area contributed by atoms with Gasteiger partial charge in [-0.2, -0.15) is 0 Å². The van der Waals surface area contributed by atoms with E-state index in [9.17, 15) is 19.2 Å². The number of likely N-dealkylation sites (N-methyl/N-ethyl adjacent to an activating group) is 1. The zero-order valence-electron chi connectivity index (χ0n) is 16.0. The van der Waals surface area contributed by atoms with Crippen LogP contribution in [0.25, 0.3) is 6.08 Å². The fraction of sp³-hybridized carbons (Fsp3) is 0.200. The van der Waals surface area contributed by atoms with Crippen molar-refractivity contribution in [3.05, 3.63) is 63.9 Å². The first-order valence-electron chi connectivity index (χ1n) is 8.92. The lowest BCUT2D eigenvalue weighted by Gasteiger charge is -2.16. The number of rotatable bonds is 7. The molecule has 4 amide bonds. The Morgan fingerprint density at radius 1 is 1.23 bits per heavy atom. The van der Waals surface area contributed by atoms with Crippen molar-refractivity contribution < 1.29 is 23.6 Å². The van der Waals surface area contributed by atoms with E-state index in [2.05, 4.69) is 5.32 Å². The summed E-state index contributed by atoms with van der Waals surface area (Å²) in [5.41, 5.74) is 0.641. The van der Waals surface area contributed by atoms with Crippen LogP contribution in [0.15, 0.2) is 52.0 Å². The van der Waals surface area contributed by atoms with Crippen molar-refractivity contribution >= 4 is 52.4 Å². The van der Waals surface area contributed by atoms with Gasteiger partial charge in [0, 0.05) is 25.2 Å².